The molecule has 1 unspecified atom stereocenters. The Bertz CT molecular complexity index is 763. The Balaban J connectivity index is 1.77. The van der Waals surface area contributed by atoms with E-state index in [0.717, 1.165) is 48.8 Å². The highest BCUT2D eigenvalue weighted by atomic mass is 35.5. The number of benzene rings is 2. The maximum Gasteiger partial charge on any atom is 0.161 e. The number of rotatable bonds is 3. The number of piperazine rings is 1. The third-order valence-electron chi connectivity index (χ3n) is 4.66. The zero-order valence-electron chi connectivity index (χ0n) is 13.8. The molecule has 2 aromatic rings. The van der Waals surface area contributed by atoms with E-state index in [1.807, 2.05) is 24.3 Å². The van der Waals surface area contributed by atoms with Crippen LogP contribution in [0.5, 0.6) is 11.5 Å². The summed E-state index contributed by atoms with van der Waals surface area (Å²) in [6, 6.07) is 12.0. The van der Waals surface area contributed by atoms with Crippen molar-refractivity contribution in [3.63, 3.8) is 0 Å². The van der Waals surface area contributed by atoms with Crippen LogP contribution in [0.2, 0.25) is 10.0 Å². The van der Waals surface area contributed by atoms with Crippen LogP contribution in [0.25, 0.3) is 0 Å². The van der Waals surface area contributed by atoms with Gasteiger partial charge in [0.25, 0.3) is 0 Å². The predicted molar refractivity (Wildman–Crippen MR) is 100 cm³/mol. The van der Waals surface area contributed by atoms with Crippen molar-refractivity contribution in [2.45, 2.75) is 6.04 Å². The van der Waals surface area contributed by atoms with Gasteiger partial charge >= 0.3 is 0 Å². The van der Waals surface area contributed by atoms with Crippen LogP contribution in [0.1, 0.15) is 17.2 Å². The molecule has 0 radical (unpaired) electrons. The molecule has 0 bridgehead atoms. The highest BCUT2D eigenvalue weighted by molar-refractivity contribution is 6.35. The van der Waals surface area contributed by atoms with Gasteiger partial charge in [-0.1, -0.05) is 35.3 Å². The van der Waals surface area contributed by atoms with Gasteiger partial charge in [-0.15, -0.1) is 0 Å². The molecule has 0 spiro atoms. The molecule has 0 saturated carbocycles. The van der Waals surface area contributed by atoms with Gasteiger partial charge in [0.15, 0.2) is 11.5 Å². The minimum Gasteiger partial charge on any atom is -0.486 e. The van der Waals surface area contributed by atoms with E-state index in [1.54, 1.807) is 0 Å². The van der Waals surface area contributed by atoms with Crippen molar-refractivity contribution in [3.05, 3.63) is 57.6 Å². The van der Waals surface area contributed by atoms with Gasteiger partial charge in [-0.3, -0.25) is 4.90 Å². The molecule has 2 aromatic carbocycles. The first-order valence-corrected chi connectivity index (χ1v) is 9.27. The largest absolute Gasteiger partial charge is 0.486 e. The summed E-state index contributed by atoms with van der Waals surface area (Å²) in [7, 11) is 0. The van der Waals surface area contributed by atoms with Crippen LogP contribution in [-0.2, 0) is 0 Å². The number of nitrogens with zero attached hydrogens (tertiary/aromatic N) is 1. The maximum absolute atomic E-state index is 6.55. The standard InChI is InChI=1S/C19H20Cl2N2O2/c20-14-2-3-15(16(21)12-14)19(23-7-5-22-6-8-23)13-1-4-17-18(11-13)25-10-9-24-17/h1-4,11-12,19,22H,5-10H2. The second kappa shape index (κ2) is 7.42. The van der Waals surface area contributed by atoms with E-state index in [2.05, 4.69) is 22.3 Å². The molecule has 1 fully saturated rings. The second-order valence-corrected chi connectivity index (χ2v) is 7.10. The zero-order valence-corrected chi connectivity index (χ0v) is 15.3. The normalized spacial score (nSPS) is 18.8. The topological polar surface area (TPSA) is 33.7 Å². The Kier molecular flexibility index (Phi) is 5.04. The fraction of sp³-hybridized carbons (Fsp3) is 0.368. The van der Waals surface area contributed by atoms with Crippen LogP contribution in [0.4, 0.5) is 0 Å². The van der Waals surface area contributed by atoms with Gasteiger partial charge in [-0.25, -0.2) is 0 Å². The van der Waals surface area contributed by atoms with E-state index in [0.29, 0.717) is 23.3 Å². The van der Waals surface area contributed by atoms with Crippen LogP contribution in [0, 0.1) is 0 Å². The minimum absolute atomic E-state index is 0.0580. The molecule has 4 rings (SSSR count). The summed E-state index contributed by atoms with van der Waals surface area (Å²) in [5.74, 6) is 1.60. The first kappa shape index (κ1) is 17.0. The van der Waals surface area contributed by atoms with E-state index >= 15 is 0 Å². The average molecular weight is 379 g/mol. The van der Waals surface area contributed by atoms with Crippen LogP contribution in [0.3, 0.4) is 0 Å². The van der Waals surface area contributed by atoms with Crippen LogP contribution in [0.15, 0.2) is 36.4 Å². The van der Waals surface area contributed by atoms with E-state index in [-0.39, 0.29) is 6.04 Å². The number of nitrogens with one attached hydrogen (secondary N) is 1. The Morgan fingerprint density at radius 3 is 2.44 bits per heavy atom. The monoisotopic (exact) mass is 378 g/mol. The summed E-state index contributed by atoms with van der Waals surface area (Å²) in [5.41, 5.74) is 2.21. The molecule has 1 saturated heterocycles. The quantitative estimate of drug-likeness (QED) is 0.881. The Labute approximate surface area is 157 Å². The van der Waals surface area contributed by atoms with Crippen molar-refractivity contribution in [2.24, 2.45) is 0 Å². The summed E-state index contributed by atoms with van der Waals surface area (Å²) in [6.45, 7) is 5.02. The second-order valence-electron chi connectivity index (χ2n) is 6.26. The zero-order chi connectivity index (χ0) is 17.2. The van der Waals surface area contributed by atoms with Gasteiger partial charge in [0.2, 0.25) is 0 Å². The Hall–Kier alpha value is -1.46. The minimum atomic E-state index is 0.0580. The van der Waals surface area contributed by atoms with Gasteiger partial charge < -0.3 is 14.8 Å². The first-order chi connectivity index (χ1) is 12.2. The lowest BCUT2D eigenvalue weighted by Crippen LogP contribution is -2.45. The summed E-state index contributed by atoms with van der Waals surface area (Å²) in [5, 5.41) is 4.74. The van der Waals surface area contributed by atoms with Gasteiger partial charge in [0.1, 0.15) is 13.2 Å². The molecular formula is C19H20Cl2N2O2. The molecule has 25 heavy (non-hydrogen) atoms. The smallest absolute Gasteiger partial charge is 0.161 e. The number of halogens is 2. The van der Waals surface area contributed by atoms with Gasteiger partial charge in [-0.2, -0.15) is 0 Å². The molecule has 0 aromatic heterocycles. The molecule has 4 nitrogen and oxygen atoms in total. The van der Waals surface area contributed by atoms with Crippen molar-refractivity contribution in [1.29, 1.82) is 0 Å². The molecule has 1 atom stereocenters. The molecule has 2 aliphatic heterocycles. The van der Waals surface area contributed by atoms with E-state index < -0.39 is 0 Å². The fourth-order valence-electron chi connectivity index (χ4n) is 3.48. The van der Waals surface area contributed by atoms with Crippen molar-refractivity contribution in [2.75, 3.05) is 39.4 Å². The number of hydrogen-bond donors (Lipinski definition) is 1. The lowest BCUT2D eigenvalue weighted by atomic mass is 9.95. The highest BCUT2D eigenvalue weighted by Crippen LogP contribution is 2.39. The summed E-state index contributed by atoms with van der Waals surface area (Å²) >= 11 is 12.7. The van der Waals surface area contributed by atoms with Crippen LogP contribution >= 0.6 is 23.2 Å². The van der Waals surface area contributed by atoms with Crippen molar-refractivity contribution in [1.82, 2.24) is 10.2 Å². The lowest BCUT2D eigenvalue weighted by Gasteiger charge is -2.36. The SMILES string of the molecule is Clc1ccc(C(c2ccc3c(c2)OCCO3)N2CCNCC2)c(Cl)c1. The maximum atomic E-state index is 6.55. The van der Waals surface area contributed by atoms with Crippen LogP contribution < -0.4 is 14.8 Å². The van der Waals surface area contributed by atoms with E-state index in [1.165, 1.54) is 0 Å². The molecule has 132 valence electrons. The number of ether oxygens (including phenoxy) is 2. The van der Waals surface area contributed by atoms with Crippen molar-refractivity contribution < 1.29 is 9.47 Å². The lowest BCUT2D eigenvalue weighted by molar-refractivity contribution is 0.169. The molecule has 0 aliphatic carbocycles. The van der Waals surface area contributed by atoms with Gasteiger partial charge in [0, 0.05) is 36.2 Å². The highest BCUT2D eigenvalue weighted by Gasteiger charge is 2.27. The molecular weight excluding hydrogens is 359 g/mol. The molecule has 2 heterocycles. The predicted octanol–water partition coefficient (Wildman–Crippen LogP) is 3.76. The molecule has 0 amide bonds. The third-order valence-corrected chi connectivity index (χ3v) is 5.22. The summed E-state index contributed by atoms with van der Waals surface area (Å²) in [6.07, 6.45) is 0. The van der Waals surface area contributed by atoms with Gasteiger partial charge in [0.05, 0.1) is 6.04 Å². The van der Waals surface area contributed by atoms with Crippen molar-refractivity contribution >= 4 is 23.2 Å². The van der Waals surface area contributed by atoms with E-state index in [9.17, 15) is 0 Å². The number of fused-ring (bicyclic) bond motifs is 1. The Morgan fingerprint density at radius 1 is 0.920 bits per heavy atom. The summed E-state index contributed by atoms with van der Waals surface area (Å²) < 4.78 is 11.4. The van der Waals surface area contributed by atoms with Crippen LogP contribution in [-0.4, -0.2) is 44.3 Å². The molecule has 6 heteroatoms. The third kappa shape index (κ3) is 3.58. The molecule has 1 N–H and O–H groups in total. The fourth-order valence-corrected chi connectivity index (χ4v) is 3.99. The molecule has 2 aliphatic rings. The summed E-state index contributed by atoms with van der Waals surface area (Å²) in [4.78, 5) is 2.44. The van der Waals surface area contributed by atoms with Gasteiger partial charge in [-0.05, 0) is 35.4 Å². The average Bonchev–Trinajstić information content (AvgIpc) is 2.64. The Morgan fingerprint density at radius 2 is 1.68 bits per heavy atom. The van der Waals surface area contributed by atoms with E-state index in [4.69, 9.17) is 32.7 Å². The van der Waals surface area contributed by atoms with Crippen molar-refractivity contribution in [3.8, 4) is 11.5 Å². The number of hydrogen-bond acceptors (Lipinski definition) is 4. The first-order valence-electron chi connectivity index (χ1n) is 8.51.